The van der Waals surface area contributed by atoms with E-state index in [1.54, 1.807) is 11.7 Å². The highest BCUT2D eigenvalue weighted by Gasteiger charge is 2.25. The van der Waals surface area contributed by atoms with E-state index < -0.39 is 0 Å². The molecule has 0 aliphatic rings. The molecular formula is C15H21N5O. The fourth-order valence-corrected chi connectivity index (χ4v) is 2.53. The molecule has 0 atom stereocenters. The predicted molar refractivity (Wildman–Crippen MR) is 80.7 cm³/mol. The first-order valence-corrected chi connectivity index (χ1v) is 7.08. The number of rotatable bonds is 4. The lowest BCUT2D eigenvalue weighted by atomic mass is 10.0. The quantitative estimate of drug-likeness (QED) is 0.864. The lowest BCUT2D eigenvalue weighted by Crippen LogP contribution is -2.42. The van der Waals surface area contributed by atoms with E-state index in [-0.39, 0.29) is 18.0 Å². The maximum Gasteiger partial charge on any atom is 0.255 e. The van der Waals surface area contributed by atoms with E-state index in [0.717, 1.165) is 5.56 Å². The summed E-state index contributed by atoms with van der Waals surface area (Å²) in [7, 11) is 1.76. The van der Waals surface area contributed by atoms with Crippen LogP contribution in [0.1, 0.15) is 38.1 Å². The van der Waals surface area contributed by atoms with Crippen LogP contribution in [0.25, 0.3) is 11.4 Å². The normalized spacial score (nSPS) is 11.2. The van der Waals surface area contributed by atoms with E-state index in [4.69, 9.17) is 0 Å². The zero-order valence-corrected chi connectivity index (χ0v) is 13.1. The number of tetrazole rings is 1. The number of hydrogen-bond donors (Lipinski definition) is 0. The second-order valence-corrected chi connectivity index (χ2v) is 5.57. The lowest BCUT2D eigenvalue weighted by molar-refractivity contribution is 0.0644. The van der Waals surface area contributed by atoms with Crippen LogP contribution in [0.15, 0.2) is 24.3 Å². The summed E-state index contributed by atoms with van der Waals surface area (Å²) in [5.41, 5.74) is 1.37. The monoisotopic (exact) mass is 287 g/mol. The highest BCUT2D eigenvalue weighted by Crippen LogP contribution is 2.23. The molecule has 0 aliphatic carbocycles. The molecule has 0 saturated heterocycles. The Kier molecular flexibility index (Phi) is 4.35. The second-order valence-electron chi connectivity index (χ2n) is 5.57. The minimum absolute atomic E-state index is 0.00130. The van der Waals surface area contributed by atoms with Crippen molar-refractivity contribution in [3.05, 3.63) is 29.8 Å². The Morgan fingerprint density at radius 3 is 2.29 bits per heavy atom. The third kappa shape index (κ3) is 2.94. The number of amides is 1. The van der Waals surface area contributed by atoms with Gasteiger partial charge in [0.15, 0.2) is 5.82 Å². The van der Waals surface area contributed by atoms with Crippen molar-refractivity contribution in [1.29, 1.82) is 0 Å². The zero-order chi connectivity index (χ0) is 15.6. The van der Waals surface area contributed by atoms with Crippen molar-refractivity contribution in [2.75, 3.05) is 0 Å². The van der Waals surface area contributed by atoms with Crippen molar-refractivity contribution in [2.45, 2.75) is 39.8 Å². The van der Waals surface area contributed by atoms with Gasteiger partial charge in [0.2, 0.25) is 0 Å². The highest BCUT2D eigenvalue weighted by atomic mass is 16.2. The molecular weight excluding hydrogens is 266 g/mol. The molecule has 0 N–H and O–H groups in total. The van der Waals surface area contributed by atoms with Gasteiger partial charge in [-0.05, 0) is 44.2 Å². The van der Waals surface area contributed by atoms with Gasteiger partial charge in [-0.25, -0.2) is 4.68 Å². The minimum Gasteiger partial charge on any atom is -0.334 e. The third-order valence-electron chi connectivity index (χ3n) is 3.37. The molecule has 0 radical (unpaired) electrons. The summed E-state index contributed by atoms with van der Waals surface area (Å²) >= 11 is 0. The number of aromatic nitrogens is 4. The van der Waals surface area contributed by atoms with Crippen molar-refractivity contribution in [1.82, 2.24) is 25.1 Å². The average molecular weight is 287 g/mol. The van der Waals surface area contributed by atoms with Crippen LogP contribution in [0, 0.1) is 0 Å². The summed E-state index contributed by atoms with van der Waals surface area (Å²) in [6.45, 7) is 8.07. The molecule has 0 fully saturated rings. The highest BCUT2D eigenvalue weighted by molar-refractivity contribution is 6.00. The molecule has 6 nitrogen and oxygen atoms in total. The van der Waals surface area contributed by atoms with E-state index in [1.165, 1.54) is 0 Å². The van der Waals surface area contributed by atoms with Gasteiger partial charge in [-0.2, -0.15) is 0 Å². The topological polar surface area (TPSA) is 63.9 Å². The van der Waals surface area contributed by atoms with Gasteiger partial charge in [-0.15, -0.1) is 5.10 Å². The molecule has 112 valence electrons. The van der Waals surface area contributed by atoms with E-state index >= 15 is 0 Å². The molecule has 1 amide bonds. The molecule has 0 unspecified atom stereocenters. The Bertz CT molecular complexity index is 624. The summed E-state index contributed by atoms with van der Waals surface area (Å²) in [5, 5.41) is 11.5. The van der Waals surface area contributed by atoms with Gasteiger partial charge in [-0.3, -0.25) is 4.79 Å². The maximum absolute atomic E-state index is 12.9. The molecule has 21 heavy (non-hydrogen) atoms. The summed E-state index contributed by atoms with van der Waals surface area (Å²) in [4.78, 5) is 14.8. The summed E-state index contributed by atoms with van der Waals surface area (Å²) in [5.74, 6) is 0.588. The SMILES string of the molecule is CC(C)N(C(=O)c1ccccc1-c1nnnn1C)C(C)C. The largest absolute Gasteiger partial charge is 0.334 e. The van der Waals surface area contributed by atoms with Crippen LogP contribution in [0.3, 0.4) is 0 Å². The zero-order valence-electron chi connectivity index (χ0n) is 13.1. The van der Waals surface area contributed by atoms with Gasteiger partial charge in [0.25, 0.3) is 5.91 Å². The van der Waals surface area contributed by atoms with E-state index in [2.05, 4.69) is 15.5 Å². The summed E-state index contributed by atoms with van der Waals surface area (Å²) < 4.78 is 1.57. The van der Waals surface area contributed by atoms with Crippen molar-refractivity contribution >= 4 is 5.91 Å². The first-order chi connectivity index (χ1) is 9.93. The molecule has 0 saturated carbocycles. The van der Waals surface area contributed by atoms with Gasteiger partial charge in [0, 0.05) is 24.7 Å². The fraction of sp³-hybridized carbons (Fsp3) is 0.467. The van der Waals surface area contributed by atoms with E-state index in [9.17, 15) is 4.79 Å². The summed E-state index contributed by atoms with van der Waals surface area (Å²) in [6, 6.07) is 7.70. The predicted octanol–water partition coefficient (Wildman–Crippen LogP) is 2.14. The maximum atomic E-state index is 12.9. The lowest BCUT2D eigenvalue weighted by Gasteiger charge is -2.31. The number of benzene rings is 1. The van der Waals surface area contributed by atoms with Crippen molar-refractivity contribution in [3.8, 4) is 11.4 Å². The summed E-state index contributed by atoms with van der Waals surface area (Å²) in [6.07, 6.45) is 0. The van der Waals surface area contributed by atoms with E-state index in [1.807, 2.05) is 56.9 Å². The second kappa shape index (κ2) is 6.03. The van der Waals surface area contributed by atoms with Gasteiger partial charge >= 0.3 is 0 Å². The molecule has 1 heterocycles. The molecule has 6 heteroatoms. The number of aryl methyl sites for hydroxylation is 1. The Morgan fingerprint density at radius 2 is 1.76 bits per heavy atom. The Morgan fingerprint density at radius 1 is 1.14 bits per heavy atom. The van der Waals surface area contributed by atoms with Gasteiger partial charge < -0.3 is 4.90 Å². The van der Waals surface area contributed by atoms with Gasteiger partial charge in [0.1, 0.15) is 0 Å². The minimum atomic E-state index is -0.00130. The average Bonchev–Trinajstić information content (AvgIpc) is 2.84. The van der Waals surface area contributed by atoms with Crippen molar-refractivity contribution in [3.63, 3.8) is 0 Å². The molecule has 0 bridgehead atoms. The number of carbonyl (C=O) groups excluding carboxylic acids is 1. The number of carbonyl (C=O) groups is 1. The van der Waals surface area contributed by atoms with Crippen molar-refractivity contribution < 1.29 is 4.79 Å². The van der Waals surface area contributed by atoms with Gasteiger partial charge in [0.05, 0.1) is 5.56 Å². The van der Waals surface area contributed by atoms with Crippen LogP contribution in [0.5, 0.6) is 0 Å². The van der Waals surface area contributed by atoms with Crippen LogP contribution in [0.4, 0.5) is 0 Å². The molecule has 0 spiro atoms. The molecule has 2 rings (SSSR count). The van der Waals surface area contributed by atoms with Crippen LogP contribution in [-0.2, 0) is 7.05 Å². The molecule has 1 aromatic carbocycles. The number of nitrogens with zero attached hydrogens (tertiary/aromatic N) is 5. The van der Waals surface area contributed by atoms with Gasteiger partial charge in [-0.1, -0.05) is 18.2 Å². The Balaban J connectivity index is 2.50. The standard InChI is InChI=1S/C15H21N5O/c1-10(2)20(11(3)4)15(21)13-9-7-6-8-12(13)14-16-17-18-19(14)5/h6-11H,1-5H3. The Labute approximate surface area is 124 Å². The van der Waals surface area contributed by atoms with E-state index in [0.29, 0.717) is 11.4 Å². The molecule has 1 aromatic heterocycles. The van der Waals surface area contributed by atoms with Crippen molar-refractivity contribution in [2.24, 2.45) is 7.05 Å². The first kappa shape index (κ1) is 15.2. The number of hydrogen-bond acceptors (Lipinski definition) is 4. The molecule has 2 aromatic rings. The van der Waals surface area contributed by atoms with Crippen LogP contribution in [0.2, 0.25) is 0 Å². The third-order valence-corrected chi connectivity index (χ3v) is 3.37. The van der Waals surface area contributed by atoms with Crippen LogP contribution < -0.4 is 0 Å². The first-order valence-electron chi connectivity index (χ1n) is 7.08. The smallest absolute Gasteiger partial charge is 0.255 e. The molecule has 0 aliphatic heterocycles. The fourth-order valence-electron chi connectivity index (χ4n) is 2.53. The Hall–Kier alpha value is -2.24. The van der Waals surface area contributed by atoms with Crippen LogP contribution in [-0.4, -0.2) is 43.1 Å². The van der Waals surface area contributed by atoms with Crippen LogP contribution >= 0.6 is 0 Å².